The number of likely N-dealkylation sites (N-methyl/N-ethyl adjacent to an activating group) is 1. The molecule has 0 atom stereocenters. The molecule has 1 fully saturated rings. The van der Waals surface area contributed by atoms with Crippen LogP contribution in [0.3, 0.4) is 0 Å². The number of rotatable bonds is 7. The largest absolute Gasteiger partial charge is 0.372 e. The topological polar surface area (TPSA) is 56.3 Å². The molecule has 2 N–H and O–H groups in total. The molecule has 25 heavy (non-hydrogen) atoms. The van der Waals surface area contributed by atoms with Crippen molar-refractivity contribution in [3.8, 4) is 0 Å². The number of benzene rings is 1. The van der Waals surface area contributed by atoms with Gasteiger partial charge in [-0.1, -0.05) is 0 Å². The average Bonchev–Trinajstić information content (AvgIpc) is 2.63. The summed E-state index contributed by atoms with van der Waals surface area (Å²) in [6, 6.07) is 10.4. The zero-order valence-corrected chi connectivity index (χ0v) is 15.2. The second kappa shape index (κ2) is 8.67. The number of hydrogen-bond donors (Lipinski definition) is 2. The number of aromatic nitrogens is 2. The Morgan fingerprint density at radius 2 is 1.80 bits per heavy atom. The molecule has 6 heteroatoms. The summed E-state index contributed by atoms with van der Waals surface area (Å²) in [6.07, 6.45) is 5.71. The summed E-state index contributed by atoms with van der Waals surface area (Å²) in [6.45, 7) is 4.14. The fourth-order valence-electron chi connectivity index (χ4n) is 2.96. The van der Waals surface area contributed by atoms with Crippen LogP contribution in [0.2, 0.25) is 0 Å². The fraction of sp³-hybridized carbons (Fsp3) is 0.474. The van der Waals surface area contributed by atoms with Crippen LogP contribution in [-0.2, 0) is 0 Å². The minimum Gasteiger partial charge on any atom is -0.372 e. The molecule has 0 amide bonds. The van der Waals surface area contributed by atoms with Gasteiger partial charge < -0.3 is 20.4 Å². The Balaban J connectivity index is 1.58. The highest BCUT2D eigenvalue weighted by molar-refractivity contribution is 5.60. The molecule has 1 aromatic heterocycles. The van der Waals surface area contributed by atoms with Crippen LogP contribution in [0.25, 0.3) is 0 Å². The number of nitrogens with one attached hydrogen (secondary N) is 2. The van der Waals surface area contributed by atoms with E-state index in [1.165, 1.54) is 24.9 Å². The molecule has 2 aromatic rings. The van der Waals surface area contributed by atoms with Crippen molar-refractivity contribution in [3.63, 3.8) is 0 Å². The first-order chi connectivity index (χ1) is 12.2. The Labute approximate surface area is 150 Å². The van der Waals surface area contributed by atoms with Crippen LogP contribution < -0.4 is 15.5 Å². The van der Waals surface area contributed by atoms with Crippen LogP contribution in [0, 0.1) is 0 Å². The highest BCUT2D eigenvalue weighted by Gasteiger charge is 2.10. The van der Waals surface area contributed by atoms with E-state index in [2.05, 4.69) is 68.8 Å². The first-order valence-corrected chi connectivity index (χ1v) is 9.04. The van der Waals surface area contributed by atoms with Crippen LogP contribution >= 0.6 is 0 Å². The average molecular weight is 340 g/mol. The molecule has 1 aliphatic heterocycles. The van der Waals surface area contributed by atoms with E-state index in [-0.39, 0.29) is 0 Å². The van der Waals surface area contributed by atoms with Crippen molar-refractivity contribution in [2.45, 2.75) is 19.3 Å². The molecule has 0 spiro atoms. The van der Waals surface area contributed by atoms with Gasteiger partial charge in [-0.05, 0) is 63.7 Å². The molecule has 1 saturated heterocycles. The van der Waals surface area contributed by atoms with Crippen LogP contribution in [0.4, 0.5) is 23.1 Å². The number of hydrogen-bond acceptors (Lipinski definition) is 6. The molecule has 0 aliphatic carbocycles. The maximum atomic E-state index is 4.51. The third kappa shape index (κ3) is 5.32. The van der Waals surface area contributed by atoms with Crippen molar-refractivity contribution in [2.75, 3.05) is 55.8 Å². The predicted octanol–water partition coefficient (Wildman–Crippen LogP) is 3.18. The molecular formula is C19H28N6. The van der Waals surface area contributed by atoms with E-state index in [0.717, 1.165) is 37.7 Å². The SMILES string of the molecule is CN(C)CCNc1ccnc(Nc2ccc(N3CCCCC3)cc2)n1. The smallest absolute Gasteiger partial charge is 0.229 e. The van der Waals surface area contributed by atoms with Crippen LogP contribution in [0.15, 0.2) is 36.5 Å². The Hall–Kier alpha value is -2.34. The van der Waals surface area contributed by atoms with E-state index in [4.69, 9.17) is 0 Å². The van der Waals surface area contributed by atoms with Gasteiger partial charge >= 0.3 is 0 Å². The Morgan fingerprint density at radius 1 is 1.04 bits per heavy atom. The van der Waals surface area contributed by atoms with E-state index in [9.17, 15) is 0 Å². The second-order valence-electron chi connectivity index (χ2n) is 6.72. The first-order valence-electron chi connectivity index (χ1n) is 9.04. The van der Waals surface area contributed by atoms with Gasteiger partial charge in [0, 0.05) is 43.8 Å². The number of piperidine rings is 1. The molecule has 0 bridgehead atoms. The summed E-state index contributed by atoms with van der Waals surface area (Å²) in [7, 11) is 4.12. The van der Waals surface area contributed by atoms with Crippen molar-refractivity contribution in [3.05, 3.63) is 36.5 Å². The highest BCUT2D eigenvalue weighted by Crippen LogP contribution is 2.23. The van der Waals surface area contributed by atoms with Crippen molar-refractivity contribution >= 4 is 23.1 Å². The van der Waals surface area contributed by atoms with Gasteiger partial charge in [0.15, 0.2) is 0 Å². The first kappa shape index (κ1) is 17.5. The van der Waals surface area contributed by atoms with E-state index < -0.39 is 0 Å². The lowest BCUT2D eigenvalue weighted by molar-refractivity contribution is 0.425. The lowest BCUT2D eigenvalue weighted by Crippen LogP contribution is -2.29. The minimum absolute atomic E-state index is 0.612. The van der Waals surface area contributed by atoms with Gasteiger partial charge in [-0.25, -0.2) is 4.98 Å². The van der Waals surface area contributed by atoms with Crippen molar-refractivity contribution in [1.29, 1.82) is 0 Å². The van der Waals surface area contributed by atoms with E-state index in [1.54, 1.807) is 6.20 Å². The van der Waals surface area contributed by atoms with Crippen molar-refractivity contribution in [1.82, 2.24) is 14.9 Å². The third-order valence-electron chi connectivity index (χ3n) is 4.37. The fourth-order valence-corrected chi connectivity index (χ4v) is 2.96. The van der Waals surface area contributed by atoms with Gasteiger partial charge in [0.1, 0.15) is 5.82 Å². The Bertz CT molecular complexity index is 649. The van der Waals surface area contributed by atoms with Crippen molar-refractivity contribution < 1.29 is 0 Å². The lowest BCUT2D eigenvalue weighted by atomic mass is 10.1. The van der Waals surface area contributed by atoms with E-state index in [1.807, 2.05) is 6.07 Å². The molecular weight excluding hydrogens is 312 g/mol. The zero-order valence-electron chi connectivity index (χ0n) is 15.2. The van der Waals surface area contributed by atoms with Gasteiger partial charge in [0.25, 0.3) is 0 Å². The second-order valence-corrected chi connectivity index (χ2v) is 6.72. The summed E-state index contributed by atoms with van der Waals surface area (Å²) in [5, 5.41) is 6.60. The quantitative estimate of drug-likeness (QED) is 0.807. The summed E-state index contributed by atoms with van der Waals surface area (Å²) < 4.78 is 0. The number of anilines is 4. The van der Waals surface area contributed by atoms with E-state index in [0.29, 0.717) is 5.95 Å². The maximum absolute atomic E-state index is 4.51. The minimum atomic E-state index is 0.612. The Morgan fingerprint density at radius 3 is 2.52 bits per heavy atom. The van der Waals surface area contributed by atoms with Crippen LogP contribution in [-0.4, -0.2) is 55.1 Å². The molecule has 6 nitrogen and oxygen atoms in total. The summed E-state index contributed by atoms with van der Waals surface area (Å²) in [5.74, 6) is 1.45. The summed E-state index contributed by atoms with van der Waals surface area (Å²) in [5.41, 5.74) is 2.30. The summed E-state index contributed by atoms with van der Waals surface area (Å²) >= 11 is 0. The normalized spacial score (nSPS) is 14.6. The van der Waals surface area contributed by atoms with E-state index >= 15 is 0 Å². The third-order valence-corrected chi connectivity index (χ3v) is 4.37. The molecule has 0 saturated carbocycles. The molecule has 3 rings (SSSR count). The molecule has 0 radical (unpaired) electrons. The predicted molar refractivity (Wildman–Crippen MR) is 105 cm³/mol. The van der Waals surface area contributed by atoms with Gasteiger partial charge in [0.05, 0.1) is 0 Å². The van der Waals surface area contributed by atoms with Crippen molar-refractivity contribution in [2.24, 2.45) is 0 Å². The Kier molecular flexibility index (Phi) is 6.06. The summed E-state index contributed by atoms with van der Waals surface area (Å²) in [4.78, 5) is 13.4. The van der Waals surface area contributed by atoms with Crippen LogP contribution in [0.1, 0.15) is 19.3 Å². The van der Waals surface area contributed by atoms with Crippen LogP contribution in [0.5, 0.6) is 0 Å². The maximum Gasteiger partial charge on any atom is 0.229 e. The molecule has 0 unspecified atom stereocenters. The van der Waals surface area contributed by atoms with Gasteiger partial charge in [-0.3, -0.25) is 0 Å². The van der Waals surface area contributed by atoms with Gasteiger partial charge in [0.2, 0.25) is 5.95 Å². The lowest BCUT2D eigenvalue weighted by Gasteiger charge is -2.28. The molecule has 134 valence electrons. The standard InChI is InChI=1S/C19H28N6/c1-24(2)15-12-20-18-10-11-21-19(23-18)22-16-6-8-17(9-7-16)25-13-4-3-5-14-25/h6-11H,3-5,12-15H2,1-2H3,(H2,20,21,22,23). The molecule has 2 heterocycles. The molecule has 1 aromatic carbocycles. The number of nitrogens with zero attached hydrogens (tertiary/aromatic N) is 4. The van der Waals surface area contributed by atoms with Gasteiger partial charge in [-0.15, -0.1) is 0 Å². The molecule has 1 aliphatic rings. The monoisotopic (exact) mass is 340 g/mol. The zero-order chi connectivity index (χ0) is 17.5. The highest BCUT2D eigenvalue weighted by atomic mass is 15.2. The van der Waals surface area contributed by atoms with Gasteiger partial charge in [-0.2, -0.15) is 4.98 Å².